The highest BCUT2D eigenvalue weighted by atomic mass is 31.2. The van der Waals surface area contributed by atoms with Gasteiger partial charge in [0.2, 0.25) is 0 Å². The predicted molar refractivity (Wildman–Crippen MR) is 97.6 cm³/mol. The molecule has 3 rings (SSSR count). The summed E-state index contributed by atoms with van der Waals surface area (Å²) in [5.41, 5.74) is 1.16. The summed E-state index contributed by atoms with van der Waals surface area (Å²) < 4.78 is 29.5. The van der Waals surface area contributed by atoms with E-state index < -0.39 is 7.75 Å². The first-order chi connectivity index (χ1) is 12.5. The Morgan fingerprint density at radius 1 is 1.00 bits per heavy atom. The molecule has 0 bridgehead atoms. The van der Waals surface area contributed by atoms with E-state index in [1.807, 2.05) is 22.2 Å². The summed E-state index contributed by atoms with van der Waals surface area (Å²) in [5, 5.41) is 3.66. The van der Waals surface area contributed by atoms with Crippen molar-refractivity contribution in [2.24, 2.45) is 0 Å². The molecule has 1 aromatic carbocycles. The van der Waals surface area contributed by atoms with Gasteiger partial charge in [0.15, 0.2) is 0 Å². The number of hydrogen-bond acceptors (Lipinski definition) is 6. The lowest BCUT2D eigenvalue weighted by molar-refractivity contribution is -0.180. The van der Waals surface area contributed by atoms with Gasteiger partial charge in [-0.05, 0) is 23.6 Å². The van der Waals surface area contributed by atoms with Crippen molar-refractivity contribution in [1.82, 2.24) is 14.9 Å². The molecule has 1 unspecified atom stereocenters. The molecule has 0 aliphatic carbocycles. The molecule has 1 N–H and O–H groups in total. The average Bonchev–Trinajstić information content (AvgIpc) is 2.63. The summed E-state index contributed by atoms with van der Waals surface area (Å²) in [6.45, 7) is 8.43. The topological polar surface area (TPSA) is 74.7 Å². The lowest BCUT2D eigenvalue weighted by atomic mass is 10.0. The molecule has 0 saturated carbocycles. The fraction of sp³-hybridized carbons (Fsp3) is 0.647. The Morgan fingerprint density at radius 3 is 1.88 bits per heavy atom. The Hall–Kier alpha value is -0.990. The normalized spacial score (nSPS) is 22.5. The van der Waals surface area contributed by atoms with Crippen molar-refractivity contribution >= 4 is 7.75 Å². The highest BCUT2D eigenvalue weighted by molar-refractivity contribution is 7.50. The standard InChI is InChI=1S/C17H28N3O5P/c1-15(2)16-3-5-17(6-4-16)25-26(21,22)20(18-7-11-23-12-8-18)19-9-13-24-14-10-19/h3-6,15H,7-14H2,1-2H3,(H,21,22). The van der Waals surface area contributed by atoms with E-state index in [9.17, 15) is 9.46 Å². The fourth-order valence-electron chi connectivity index (χ4n) is 3.05. The molecule has 26 heavy (non-hydrogen) atoms. The number of hydrogen-bond donors (Lipinski definition) is 1. The average molecular weight is 385 g/mol. The third kappa shape index (κ3) is 4.84. The lowest BCUT2D eigenvalue weighted by Gasteiger charge is -2.44. The zero-order valence-corrected chi connectivity index (χ0v) is 16.3. The molecular weight excluding hydrogens is 357 g/mol. The van der Waals surface area contributed by atoms with Crippen molar-refractivity contribution in [3.05, 3.63) is 29.8 Å². The minimum atomic E-state index is -4.13. The molecule has 0 radical (unpaired) electrons. The van der Waals surface area contributed by atoms with Crippen molar-refractivity contribution in [3.8, 4) is 5.75 Å². The van der Waals surface area contributed by atoms with Gasteiger partial charge in [-0.25, -0.2) is 14.6 Å². The summed E-state index contributed by atoms with van der Waals surface area (Å²) in [5.74, 6) is 0.773. The van der Waals surface area contributed by atoms with Crippen LogP contribution in [-0.2, 0) is 14.0 Å². The van der Waals surface area contributed by atoms with Gasteiger partial charge in [-0.3, -0.25) is 0 Å². The van der Waals surface area contributed by atoms with Crippen molar-refractivity contribution in [3.63, 3.8) is 0 Å². The summed E-state index contributed by atoms with van der Waals surface area (Å²) in [6.07, 6.45) is 0. The lowest BCUT2D eigenvalue weighted by Crippen LogP contribution is -2.57. The second-order valence-electron chi connectivity index (χ2n) is 6.71. The zero-order chi connectivity index (χ0) is 18.6. The van der Waals surface area contributed by atoms with E-state index in [1.165, 1.54) is 4.89 Å². The van der Waals surface area contributed by atoms with E-state index in [1.54, 1.807) is 12.1 Å². The molecule has 0 amide bonds. The molecule has 1 atom stereocenters. The maximum absolute atomic E-state index is 13.2. The Bertz CT molecular complexity index is 597. The van der Waals surface area contributed by atoms with Crippen LogP contribution in [0.15, 0.2) is 24.3 Å². The van der Waals surface area contributed by atoms with Gasteiger partial charge < -0.3 is 18.9 Å². The highest BCUT2D eigenvalue weighted by Crippen LogP contribution is 2.49. The number of ether oxygens (including phenoxy) is 2. The van der Waals surface area contributed by atoms with Crippen LogP contribution in [0.3, 0.4) is 0 Å². The first-order valence-corrected chi connectivity index (χ1v) is 10.6. The third-order valence-corrected chi connectivity index (χ3v) is 5.88. The van der Waals surface area contributed by atoms with Gasteiger partial charge in [0, 0.05) is 26.2 Å². The van der Waals surface area contributed by atoms with Crippen LogP contribution in [0.1, 0.15) is 25.3 Å². The highest BCUT2D eigenvalue weighted by Gasteiger charge is 2.42. The fourth-order valence-corrected chi connectivity index (χ4v) is 4.52. The number of morpholine rings is 2. The first kappa shape index (κ1) is 19.8. The molecular formula is C17H28N3O5P. The van der Waals surface area contributed by atoms with Crippen molar-refractivity contribution in [2.45, 2.75) is 19.8 Å². The predicted octanol–water partition coefficient (Wildman–Crippen LogP) is 2.09. The van der Waals surface area contributed by atoms with Gasteiger partial charge in [0.1, 0.15) is 5.75 Å². The second-order valence-corrected chi connectivity index (χ2v) is 8.23. The maximum atomic E-state index is 13.2. The monoisotopic (exact) mass is 385 g/mol. The Morgan fingerprint density at radius 2 is 1.46 bits per heavy atom. The summed E-state index contributed by atoms with van der Waals surface area (Å²) in [6, 6.07) is 7.34. The van der Waals surface area contributed by atoms with Crippen molar-refractivity contribution in [2.75, 3.05) is 52.6 Å². The van der Waals surface area contributed by atoms with Gasteiger partial charge in [0.25, 0.3) is 0 Å². The van der Waals surface area contributed by atoms with Crippen LogP contribution in [0.2, 0.25) is 0 Å². The van der Waals surface area contributed by atoms with Crippen LogP contribution in [0.4, 0.5) is 0 Å². The van der Waals surface area contributed by atoms with Crippen LogP contribution in [0.25, 0.3) is 0 Å². The van der Waals surface area contributed by atoms with Gasteiger partial charge in [-0.1, -0.05) is 30.9 Å². The van der Waals surface area contributed by atoms with Crippen LogP contribution in [-0.4, -0.2) is 72.4 Å². The quantitative estimate of drug-likeness (QED) is 0.747. The van der Waals surface area contributed by atoms with Crippen LogP contribution in [0.5, 0.6) is 5.75 Å². The first-order valence-electron chi connectivity index (χ1n) is 9.05. The molecule has 0 spiro atoms. The van der Waals surface area contributed by atoms with E-state index >= 15 is 0 Å². The molecule has 2 heterocycles. The Labute approximate surface area is 154 Å². The van der Waals surface area contributed by atoms with E-state index in [4.69, 9.17) is 14.0 Å². The largest absolute Gasteiger partial charge is 0.486 e. The van der Waals surface area contributed by atoms with Gasteiger partial charge >= 0.3 is 7.75 Å². The Kier molecular flexibility index (Phi) is 6.69. The van der Waals surface area contributed by atoms with Crippen molar-refractivity contribution < 1.29 is 23.5 Å². The maximum Gasteiger partial charge on any atom is 0.486 e. The van der Waals surface area contributed by atoms with E-state index in [0.29, 0.717) is 64.3 Å². The van der Waals surface area contributed by atoms with Crippen LogP contribution < -0.4 is 4.52 Å². The van der Waals surface area contributed by atoms with Crippen LogP contribution >= 0.6 is 7.75 Å². The van der Waals surface area contributed by atoms with Gasteiger partial charge in [0.05, 0.1) is 26.4 Å². The number of nitrogens with zero attached hydrogens (tertiary/aromatic N) is 3. The number of benzene rings is 1. The number of hydrazine groups is 2. The van der Waals surface area contributed by atoms with Gasteiger partial charge in [-0.15, -0.1) is 0 Å². The SMILES string of the molecule is CC(C)c1ccc(OP(=O)(O)N(N2CCOCC2)N2CCOCC2)cc1. The molecule has 2 saturated heterocycles. The molecule has 0 aromatic heterocycles. The second kappa shape index (κ2) is 8.80. The minimum Gasteiger partial charge on any atom is -0.412 e. The number of rotatable bonds is 6. The summed E-state index contributed by atoms with van der Waals surface area (Å²) in [4.78, 5) is 12.2. The molecule has 2 aliphatic rings. The molecule has 1 aromatic rings. The summed E-state index contributed by atoms with van der Waals surface area (Å²) in [7, 11) is -4.13. The molecule has 8 nitrogen and oxygen atoms in total. The van der Waals surface area contributed by atoms with E-state index in [2.05, 4.69) is 13.8 Å². The van der Waals surface area contributed by atoms with Gasteiger partial charge in [-0.2, -0.15) is 0 Å². The van der Waals surface area contributed by atoms with E-state index in [0.717, 1.165) is 5.56 Å². The van der Waals surface area contributed by atoms with E-state index in [-0.39, 0.29) is 0 Å². The third-order valence-electron chi connectivity index (χ3n) is 4.48. The summed E-state index contributed by atoms with van der Waals surface area (Å²) >= 11 is 0. The Balaban J connectivity index is 1.79. The zero-order valence-electron chi connectivity index (χ0n) is 15.4. The molecule has 9 heteroatoms. The smallest absolute Gasteiger partial charge is 0.412 e. The minimum absolute atomic E-state index is 0.381. The van der Waals surface area contributed by atoms with Crippen LogP contribution in [0, 0.1) is 0 Å². The molecule has 2 aliphatic heterocycles. The molecule has 2 fully saturated rings. The molecule has 146 valence electrons. The van der Waals surface area contributed by atoms with Crippen molar-refractivity contribution in [1.29, 1.82) is 0 Å².